The van der Waals surface area contributed by atoms with E-state index in [2.05, 4.69) is 28.7 Å². The number of rotatable bonds is 5. The predicted molar refractivity (Wildman–Crippen MR) is 106 cm³/mol. The van der Waals surface area contributed by atoms with Gasteiger partial charge in [0.1, 0.15) is 0 Å². The fourth-order valence-electron chi connectivity index (χ4n) is 3.18. The Kier molecular flexibility index (Phi) is 5.97. The second-order valence-corrected chi connectivity index (χ2v) is 8.38. The molecule has 3 rings (SSSR count). The Morgan fingerprint density at radius 3 is 2.32 bits per heavy atom. The number of carbonyl (C=O) groups is 1. The second-order valence-electron chi connectivity index (χ2n) is 6.62. The van der Waals surface area contributed by atoms with Gasteiger partial charge in [0, 0.05) is 31.9 Å². The number of amides is 1. The summed E-state index contributed by atoms with van der Waals surface area (Å²) in [6.45, 7) is 4.28. The van der Waals surface area contributed by atoms with E-state index in [9.17, 15) is 13.2 Å². The molecule has 0 radical (unpaired) electrons. The summed E-state index contributed by atoms with van der Waals surface area (Å²) in [4.78, 5) is 16.4. The van der Waals surface area contributed by atoms with Crippen LogP contribution in [0.2, 0.25) is 0 Å². The average molecular weight is 398 g/mol. The fraction of sp³-hybridized carbons (Fsp3) is 0.300. The van der Waals surface area contributed by atoms with Crippen molar-refractivity contribution in [2.24, 2.45) is 0 Å². The van der Waals surface area contributed by atoms with Gasteiger partial charge in [-0.1, -0.05) is 18.2 Å². The van der Waals surface area contributed by atoms with E-state index in [4.69, 9.17) is 5.26 Å². The van der Waals surface area contributed by atoms with E-state index >= 15 is 0 Å². The number of nitrogens with one attached hydrogen (secondary N) is 1. The SMILES string of the molecule is Cc1ccccc1N1CCN(C(=O)CNS(=O)(=O)c2ccc(C#N)cc2)CC1. The highest BCUT2D eigenvalue weighted by atomic mass is 32.2. The molecule has 146 valence electrons. The summed E-state index contributed by atoms with van der Waals surface area (Å²) in [6, 6.07) is 15.6. The van der Waals surface area contributed by atoms with Crippen molar-refractivity contribution in [3.8, 4) is 6.07 Å². The zero-order chi connectivity index (χ0) is 20.1. The summed E-state index contributed by atoms with van der Waals surface area (Å²) in [5.41, 5.74) is 2.73. The zero-order valence-electron chi connectivity index (χ0n) is 15.6. The van der Waals surface area contributed by atoms with E-state index in [-0.39, 0.29) is 17.3 Å². The molecule has 7 nitrogen and oxygen atoms in total. The number of sulfonamides is 1. The van der Waals surface area contributed by atoms with Crippen LogP contribution >= 0.6 is 0 Å². The van der Waals surface area contributed by atoms with Gasteiger partial charge in [0.05, 0.1) is 23.1 Å². The number of carbonyl (C=O) groups excluding carboxylic acids is 1. The van der Waals surface area contributed by atoms with Gasteiger partial charge in [-0.05, 0) is 42.8 Å². The van der Waals surface area contributed by atoms with E-state index in [1.165, 1.54) is 29.8 Å². The number of nitrogens with zero attached hydrogens (tertiary/aromatic N) is 3. The predicted octanol–water partition coefficient (Wildman–Crippen LogP) is 1.49. The molecule has 0 saturated carbocycles. The molecule has 0 atom stereocenters. The van der Waals surface area contributed by atoms with E-state index in [0.717, 1.165) is 5.69 Å². The van der Waals surface area contributed by atoms with Gasteiger partial charge in [0.2, 0.25) is 15.9 Å². The lowest BCUT2D eigenvalue weighted by Crippen LogP contribution is -2.51. The van der Waals surface area contributed by atoms with Crippen molar-refractivity contribution in [1.29, 1.82) is 5.26 Å². The number of hydrogen-bond acceptors (Lipinski definition) is 5. The smallest absolute Gasteiger partial charge is 0.241 e. The van der Waals surface area contributed by atoms with E-state index in [1.807, 2.05) is 18.2 Å². The normalized spacial score (nSPS) is 14.6. The molecule has 0 bridgehead atoms. The maximum atomic E-state index is 12.4. The minimum atomic E-state index is -3.80. The molecule has 2 aromatic rings. The van der Waals surface area contributed by atoms with Crippen LogP contribution in [0.3, 0.4) is 0 Å². The third-order valence-corrected chi connectivity index (χ3v) is 6.21. The molecule has 1 fully saturated rings. The summed E-state index contributed by atoms with van der Waals surface area (Å²) in [5.74, 6) is -0.248. The Morgan fingerprint density at radius 1 is 1.07 bits per heavy atom. The third kappa shape index (κ3) is 4.50. The first-order valence-corrected chi connectivity index (χ1v) is 10.5. The molecule has 1 N–H and O–H groups in total. The number of anilines is 1. The van der Waals surface area contributed by atoms with Crippen molar-refractivity contribution in [2.45, 2.75) is 11.8 Å². The van der Waals surface area contributed by atoms with Crippen LogP contribution in [0.1, 0.15) is 11.1 Å². The van der Waals surface area contributed by atoms with Gasteiger partial charge in [0.15, 0.2) is 0 Å². The highest BCUT2D eigenvalue weighted by Crippen LogP contribution is 2.20. The van der Waals surface area contributed by atoms with Crippen LogP contribution in [0.4, 0.5) is 5.69 Å². The minimum Gasteiger partial charge on any atom is -0.368 e. The molecular formula is C20H22N4O3S. The second kappa shape index (κ2) is 8.42. The third-order valence-electron chi connectivity index (χ3n) is 4.80. The molecule has 8 heteroatoms. The highest BCUT2D eigenvalue weighted by molar-refractivity contribution is 7.89. The highest BCUT2D eigenvalue weighted by Gasteiger charge is 2.23. The van der Waals surface area contributed by atoms with Crippen LogP contribution in [-0.2, 0) is 14.8 Å². The number of para-hydroxylation sites is 1. The van der Waals surface area contributed by atoms with Crippen molar-refractivity contribution in [3.05, 3.63) is 59.7 Å². The van der Waals surface area contributed by atoms with Gasteiger partial charge in [-0.15, -0.1) is 0 Å². The molecule has 1 heterocycles. The summed E-state index contributed by atoms with van der Waals surface area (Å²) in [6.07, 6.45) is 0. The summed E-state index contributed by atoms with van der Waals surface area (Å²) in [7, 11) is -3.80. The maximum Gasteiger partial charge on any atom is 0.241 e. The van der Waals surface area contributed by atoms with Gasteiger partial charge < -0.3 is 9.80 Å². The zero-order valence-corrected chi connectivity index (χ0v) is 16.4. The van der Waals surface area contributed by atoms with Gasteiger partial charge in [-0.2, -0.15) is 5.26 Å². The van der Waals surface area contributed by atoms with E-state index in [1.54, 1.807) is 4.90 Å². The van der Waals surface area contributed by atoms with Crippen molar-refractivity contribution in [3.63, 3.8) is 0 Å². The lowest BCUT2D eigenvalue weighted by molar-refractivity contribution is -0.130. The van der Waals surface area contributed by atoms with Crippen LogP contribution < -0.4 is 9.62 Å². The molecule has 1 saturated heterocycles. The number of piperazine rings is 1. The molecule has 0 aliphatic carbocycles. The number of benzene rings is 2. The summed E-state index contributed by atoms with van der Waals surface area (Å²) in [5, 5.41) is 8.79. The lowest BCUT2D eigenvalue weighted by atomic mass is 10.1. The largest absolute Gasteiger partial charge is 0.368 e. The van der Waals surface area contributed by atoms with E-state index in [0.29, 0.717) is 31.7 Å². The average Bonchev–Trinajstić information content (AvgIpc) is 2.72. The molecule has 1 aliphatic rings. The van der Waals surface area contributed by atoms with Gasteiger partial charge in [0.25, 0.3) is 0 Å². The molecule has 0 aromatic heterocycles. The van der Waals surface area contributed by atoms with Crippen LogP contribution in [0, 0.1) is 18.3 Å². The van der Waals surface area contributed by atoms with Gasteiger partial charge >= 0.3 is 0 Å². The van der Waals surface area contributed by atoms with Crippen LogP contribution in [0.15, 0.2) is 53.4 Å². The first-order chi connectivity index (χ1) is 13.4. The number of aryl methyl sites for hydroxylation is 1. The standard InChI is InChI=1S/C20H22N4O3S/c1-16-4-2-3-5-19(16)23-10-12-24(13-11-23)20(25)15-22-28(26,27)18-8-6-17(14-21)7-9-18/h2-9,22H,10-13,15H2,1H3. The van der Waals surface area contributed by atoms with Crippen LogP contribution in [0.5, 0.6) is 0 Å². The Balaban J connectivity index is 1.54. The van der Waals surface area contributed by atoms with Crippen molar-refractivity contribution >= 4 is 21.6 Å². The summed E-state index contributed by atoms with van der Waals surface area (Å²) >= 11 is 0. The van der Waals surface area contributed by atoms with Crippen LogP contribution in [-0.4, -0.2) is 51.9 Å². The molecule has 1 amide bonds. The fourth-order valence-corrected chi connectivity index (χ4v) is 4.15. The molecule has 0 unspecified atom stereocenters. The van der Waals surface area contributed by atoms with Crippen molar-refractivity contribution < 1.29 is 13.2 Å². The molecule has 2 aromatic carbocycles. The minimum absolute atomic E-state index is 0.0312. The molecular weight excluding hydrogens is 376 g/mol. The van der Waals surface area contributed by atoms with Crippen molar-refractivity contribution in [1.82, 2.24) is 9.62 Å². The Labute approximate surface area is 165 Å². The first-order valence-electron chi connectivity index (χ1n) is 8.99. The van der Waals surface area contributed by atoms with Gasteiger partial charge in [-0.25, -0.2) is 13.1 Å². The van der Waals surface area contributed by atoms with Gasteiger partial charge in [-0.3, -0.25) is 4.79 Å². The number of hydrogen-bond donors (Lipinski definition) is 1. The Morgan fingerprint density at radius 2 is 1.71 bits per heavy atom. The molecule has 1 aliphatic heterocycles. The Hall–Kier alpha value is -2.89. The Bertz CT molecular complexity index is 989. The monoisotopic (exact) mass is 398 g/mol. The van der Waals surface area contributed by atoms with Crippen molar-refractivity contribution in [2.75, 3.05) is 37.6 Å². The topological polar surface area (TPSA) is 93.5 Å². The maximum absolute atomic E-state index is 12.4. The van der Waals surface area contributed by atoms with Crippen LogP contribution in [0.25, 0.3) is 0 Å². The first kappa shape index (κ1) is 19.9. The van der Waals surface area contributed by atoms with E-state index < -0.39 is 10.0 Å². The quantitative estimate of drug-likeness (QED) is 0.824. The molecule has 0 spiro atoms. The molecule has 28 heavy (non-hydrogen) atoms. The number of nitriles is 1. The summed E-state index contributed by atoms with van der Waals surface area (Å²) < 4.78 is 27.0. The lowest BCUT2D eigenvalue weighted by Gasteiger charge is -2.36.